The smallest absolute Gasteiger partial charge is 0.364 e. The molecule has 1 aromatic carbocycles. The summed E-state index contributed by atoms with van der Waals surface area (Å²) in [5.74, 6) is -0.181. The lowest BCUT2D eigenvalue weighted by molar-refractivity contribution is 0.0731. The summed E-state index contributed by atoms with van der Waals surface area (Å²) in [6.45, 7) is 1.49. The van der Waals surface area contributed by atoms with Crippen molar-refractivity contribution in [1.29, 1.82) is 0 Å². The van der Waals surface area contributed by atoms with Crippen molar-refractivity contribution >= 4 is 29.0 Å². The SMILES string of the molecule is CSc1nc(C(=O)Oc2ccc(C(C)=O)cc2)c2ccccn12. The van der Waals surface area contributed by atoms with E-state index in [1.165, 1.54) is 18.7 Å². The van der Waals surface area contributed by atoms with Crippen molar-refractivity contribution in [3.05, 3.63) is 59.9 Å². The van der Waals surface area contributed by atoms with E-state index in [1.54, 1.807) is 24.3 Å². The Hall–Kier alpha value is -2.60. The topological polar surface area (TPSA) is 60.7 Å². The van der Waals surface area contributed by atoms with Crippen molar-refractivity contribution in [1.82, 2.24) is 9.38 Å². The number of thioether (sulfide) groups is 1. The average Bonchev–Trinajstić information content (AvgIpc) is 2.94. The summed E-state index contributed by atoms with van der Waals surface area (Å²) in [5.41, 5.74) is 1.54. The molecule has 116 valence electrons. The summed E-state index contributed by atoms with van der Waals surface area (Å²) < 4.78 is 7.21. The number of ketones is 1. The number of pyridine rings is 1. The first-order valence-electron chi connectivity index (χ1n) is 6.94. The zero-order valence-corrected chi connectivity index (χ0v) is 13.5. The maximum absolute atomic E-state index is 12.4. The molecule has 3 rings (SSSR count). The molecule has 3 aromatic rings. The molecule has 0 atom stereocenters. The summed E-state index contributed by atoms with van der Waals surface area (Å²) >= 11 is 1.45. The Balaban J connectivity index is 1.90. The van der Waals surface area contributed by atoms with Gasteiger partial charge in [0.05, 0.1) is 5.52 Å². The Labute approximate surface area is 137 Å². The van der Waals surface area contributed by atoms with E-state index < -0.39 is 5.97 Å². The van der Waals surface area contributed by atoms with Crippen molar-refractivity contribution in [2.75, 3.05) is 6.26 Å². The summed E-state index contributed by atoms with van der Waals surface area (Å²) in [5, 5.41) is 0.722. The first kappa shape index (κ1) is 15.3. The fourth-order valence-corrected chi connectivity index (χ4v) is 2.76. The molecule has 0 N–H and O–H groups in total. The maximum Gasteiger partial charge on any atom is 0.364 e. The molecule has 5 nitrogen and oxygen atoms in total. The fourth-order valence-electron chi connectivity index (χ4n) is 2.22. The molecule has 0 aliphatic heterocycles. The van der Waals surface area contributed by atoms with E-state index in [9.17, 15) is 9.59 Å². The molecule has 0 radical (unpaired) electrons. The fraction of sp³-hybridized carbons (Fsp3) is 0.118. The average molecular weight is 326 g/mol. The first-order valence-corrected chi connectivity index (χ1v) is 8.17. The molecule has 0 spiro atoms. The molecule has 0 saturated heterocycles. The zero-order chi connectivity index (χ0) is 16.4. The Morgan fingerprint density at radius 2 is 1.87 bits per heavy atom. The van der Waals surface area contributed by atoms with Gasteiger partial charge in [-0.05, 0) is 49.6 Å². The van der Waals surface area contributed by atoms with E-state index in [0.717, 1.165) is 5.16 Å². The summed E-state index contributed by atoms with van der Waals surface area (Å²) in [7, 11) is 0. The van der Waals surface area contributed by atoms with Crippen LogP contribution in [-0.4, -0.2) is 27.4 Å². The van der Waals surface area contributed by atoms with Gasteiger partial charge in [-0.2, -0.15) is 0 Å². The largest absolute Gasteiger partial charge is 0.422 e. The molecule has 2 aromatic heterocycles. The van der Waals surface area contributed by atoms with Gasteiger partial charge in [0.2, 0.25) is 0 Å². The van der Waals surface area contributed by atoms with E-state index in [-0.39, 0.29) is 11.5 Å². The van der Waals surface area contributed by atoms with Crippen LogP contribution < -0.4 is 4.74 Å². The maximum atomic E-state index is 12.4. The van der Waals surface area contributed by atoms with Gasteiger partial charge in [-0.3, -0.25) is 9.20 Å². The normalized spacial score (nSPS) is 10.7. The van der Waals surface area contributed by atoms with E-state index in [0.29, 0.717) is 16.8 Å². The predicted molar refractivity (Wildman–Crippen MR) is 88.4 cm³/mol. The van der Waals surface area contributed by atoms with Gasteiger partial charge in [0.1, 0.15) is 5.75 Å². The number of rotatable bonds is 4. The quantitative estimate of drug-likeness (QED) is 0.318. The molecule has 23 heavy (non-hydrogen) atoms. The van der Waals surface area contributed by atoms with Gasteiger partial charge in [0.25, 0.3) is 0 Å². The second-order valence-corrected chi connectivity index (χ2v) is 5.65. The van der Waals surface area contributed by atoms with Gasteiger partial charge >= 0.3 is 5.97 Å². The monoisotopic (exact) mass is 326 g/mol. The van der Waals surface area contributed by atoms with Crippen LogP contribution in [0.4, 0.5) is 0 Å². The Bertz CT molecular complexity index is 884. The van der Waals surface area contributed by atoms with Gasteiger partial charge in [-0.15, -0.1) is 0 Å². The van der Waals surface area contributed by atoms with Crippen LogP contribution in [0, 0.1) is 0 Å². The lowest BCUT2D eigenvalue weighted by Gasteiger charge is -2.03. The number of hydrogen-bond donors (Lipinski definition) is 0. The van der Waals surface area contributed by atoms with Crippen LogP contribution >= 0.6 is 11.8 Å². The Morgan fingerprint density at radius 3 is 2.52 bits per heavy atom. The van der Waals surface area contributed by atoms with Gasteiger partial charge < -0.3 is 4.74 Å². The minimum Gasteiger partial charge on any atom is -0.422 e. The number of hydrogen-bond acceptors (Lipinski definition) is 5. The number of ether oxygens (including phenoxy) is 1. The number of fused-ring (bicyclic) bond motifs is 1. The molecule has 0 unspecified atom stereocenters. The van der Waals surface area contributed by atoms with Crippen LogP contribution in [0.1, 0.15) is 27.8 Å². The number of benzene rings is 1. The lowest BCUT2D eigenvalue weighted by atomic mass is 10.1. The highest BCUT2D eigenvalue weighted by Gasteiger charge is 2.19. The molecule has 2 heterocycles. The van der Waals surface area contributed by atoms with E-state index in [4.69, 9.17) is 4.74 Å². The second-order valence-electron chi connectivity index (χ2n) is 4.87. The van der Waals surface area contributed by atoms with Crippen molar-refractivity contribution in [2.45, 2.75) is 12.1 Å². The third-order valence-corrected chi connectivity index (χ3v) is 4.02. The molecule has 0 amide bonds. The summed E-state index contributed by atoms with van der Waals surface area (Å²) in [4.78, 5) is 28.0. The van der Waals surface area contributed by atoms with Crippen molar-refractivity contribution in [3.8, 4) is 5.75 Å². The molecule has 6 heteroatoms. The molecular formula is C17H14N2O3S. The molecular weight excluding hydrogens is 312 g/mol. The zero-order valence-electron chi connectivity index (χ0n) is 12.6. The number of imidazole rings is 1. The number of nitrogens with zero attached hydrogens (tertiary/aromatic N) is 2. The number of carbonyl (C=O) groups is 2. The van der Waals surface area contributed by atoms with Crippen LogP contribution in [0.5, 0.6) is 5.75 Å². The van der Waals surface area contributed by atoms with Crippen LogP contribution in [0.25, 0.3) is 5.52 Å². The van der Waals surface area contributed by atoms with Crippen LogP contribution in [-0.2, 0) is 0 Å². The number of Topliss-reactive ketones (excluding diaryl/α,β-unsaturated/α-hetero) is 1. The number of esters is 1. The van der Waals surface area contributed by atoms with Crippen LogP contribution in [0.3, 0.4) is 0 Å². The van der Waals surface area contributed by atoms with E-state index >= 15 is 0 Å². The minimum absolute atomic E-state index is 0.0346. The molecule has 0 aliphatic carbocycles. The highest BCUT2D eigenvalue weighted by Crippen LogP contribution is 2.22. The third kappa shape index (κ3) is 2.98. The molecule has 0 aliphatic rings. The summed E-state index contributed by atoms with van der Waals surface area (Å²) in [6, 6.07) is 12.0. The standard InChI is InChI=1S/C17H14N2O3S/c1-11(20)12-6-8-13(9-7-12)22-16(21)15-14-5-3-4-10-19(14)17(18-15)23-2/h3-10H,1-2H3. The molecule has 0 fully saturated rings. The molecule has 0 bridgehead atoms. The first-order chi connectivity index (χ1) is 11.1. The van der Waals surface area contributed by atoms with Crippen LogP contribution in [0.2, 0.25) is 0 Å². The van der Waals surface area contributed by atoms with Gasteiger partial charge in [-0.25, -0.2) is 9.78 Å². The number of aromatic nitrogens is 2. The van der Waals surface area contributed by atoms with Crippen molar-refractivity contribution < 1.29 is 14.3 Å². The highest BCUT2D eigenvalue weighted by atomic mass is 32.2. The van der Waals surface area contributed by atoms with Gasteiger partial charge in [0.15, 0.2) is 16.6 Å². The van der Waals surface area contributed by atoms with Gasteiger partial charge in [-0.1, -0.05) is 17.8 Å². The van der Waals surface area contributed by atoms with Crippen molar-refractivity contribution in [3.63, 3.8) is 0 Å². The Morgan fingerprint density at radius 1 is 1.13 bits per heavy atom. The van der Waals surface area contributed by atoms with E-state index in [2.05, 4.69) is 4.98 Å². The number of carbonyl (C=O) groups excluding carboxylic acids is 2. The van der Waals surface area contributed by atoms with Crippen LogP contribution in [0.15, 0.2) is 53.8 Å². The second kappa shape index (κ2) is 6.26. The lowest BCUT2D eigenvalue weighted by Crippen LogP contribution is -2.09. The predicted octanol–water partition coefficient (Wildman–Crippen LogP) is 3.48. The molecule has 0 saturated carbocycles. The highest BCUT2D eigenvalue weighted by molar-refractivity contribution is 7.98. The third-order valence-electron chi connectivity index (χ3n) is 3.36. The minimum atomic E-state index is -0.524. The summed E-state index contributed by atoms with van der Waals surface area (Å²) in [6.07, 6.45) is 3.75. The van der Waals surface area contributed by atoms with Gasteiger partial charge in [0, 0.05) is 11.8 Å². The Kier molecular flexibility index (Phi) is 4.16. The van der Waals surface area contributed by atoms with Crippen molar-refractivity contribution in [2.24, 2.45) is 0 Å². The van der Waals surface area contributed by atoms with E-state index in [1.807, 2.05) is 35.1 Å².